The first-order valence-corrected chi connectivity index (χ1v) is 7.75. The summed E-state index contributed by atoms with van der Waals surface area (Å²) in [5.74, 6) is 0.977. The molecule has 1 aliphatic rings. The van der Waals surface area contributed by atoms with Crippen LogP contribution in [0, 0.1) is 20.8 Å². The molecule has 0 saturated heterocycles. The molecule has 0 spiro atoms. The van der Waals surface area contributed by atoms with E-state index in [2.05, 4.69) is 63.2 Å². The van der Waals surface area contributed by atoms with Crippen molar-refractivity contribution in [3.05, 3.63) is 76.1 Å². The third-order valence-corrected chi connectivity index (χ3v) is 3.97. The Bertz CT molecular complexity index is 849. The lowest BCUT2D eigenvalue weighted by Crippen LogP contribution is -1.82. The van der Waals surface area contributed by atoms with E-state index in [4.69, 9.17) is 4.42 Å². The lowest BCUT2D eigenvalue weighted by Gasteiger charge is -1.98. The molecule has 0 aliphatic heterocycles. The van der Waals surface area contributed by atoms with Crippen molar-refractivity contribution in [2.45, 2.75) is 34.1 Å². The molecule has 1 aromatic heterocycles. The number of hydrogen-bond acceptors (Lipinski definition) is 1. The van der Waals surface area contributed by atoms with E-state index in [1.165, 1.54) is 33.2 Å². The summed E-state index contributed by atoms with van der Waals surface area (Å²) in [5.41, 5.74) is 7.99. The second-order valence-electron chi connectivity index (χ2n) is 6.27. The summed E-state index contributed by atoms with van der Waals surface area (Å²) < 4.78 is 5.42. The Kier molecular flexibility index (Phi) is 3.89. The average Bonchev–Trinajstić information content (AvgIpc) is 2.99. The summed E-state index contributed by atoms with van der Waals surface area (Å²) in [6.45, 7) is 8.38. The Balaban J connectivity index is 0.000000131. The van der Waals surface area contributed by atoms with Crippen LogP contribution in [-0.2, 0) is 6.42 Å². The predicted octanol–water partition coefficient (Wildman–Crippen LogP) is 6.00. The fourth-order valence-corrected chi connectivity index (χ4v) is 2.92. The van der Waals surface area contributed by atoms with Crippen molar-refractivity contribution in [2.75, 3.05) is 0 Å². The van der Waals surface area contributed by atoms with Crippen LogP contribution in [0.3, 0.4) is 0 Å². The third kappa shape index (κ3) is 3.14. The molecule has 112 valence electrons. The lowest BCUT2D eigenvalue weighted by atomic mass is 10.1. The van der Waals surface area contributed by atoms with Gasteiger partial charge in [-0.1, -0.05) is 47.0 Å². The Morgan fingerprint density at radius 1 is 0.818 bits per heavy atom. The molecule has 0 radical (unpaired) electrons. The van der Waals surface area contributed by atoms with E-state index in [9.17, 15) is 0 Å². The molecule has 0 saturated carbocycles. The van der Waals surface area contributed by atoms with E-state index in [1.807, 2.05) is 13.0 Å². The summed E-state index contributed by atoms with van der Waals surface area (Å²) in [6.07, 6.45) is 3.43. The van der Waals surface area contributed by atoms with Gasteiger partial charge in [0, 0.05) is 5.39 Å². The summed E-state index contributed by atoms with van der Waals surface area (Å²) in [4.78, 5) is 0. The van der Waals surface area contributed by atoms with Crippen LogP contribution in [0.15, 0.2) is 52.5 Å². The minimum atomic E-state index is 0.977. The predicted molar refractivity (Wildman–Crippen MR) is 94.2 cm³/mol. The number of allylic oxidation sites excluding steroid dienone is 1. The van der Waals surface area contributed by atoms with Crippen LogP contribution in [0.25, 0.3) is 17.0 Å². The van der Waals surface area contributed by atoms with E-state index in [0.717, 1.165) is 17.8 Å². The van der Waals surface area contributed by atoms with Crippen LogP contribution in [0.1, 0.15) is 34.9 Å². The van der Waals surface area contributed by atoms with Crippen molar-refractivity contribution in [2.24, 2.45) is 0 Å². The van der Waals surface area contributed by atoms with Crippen LogP contribution in [0.2, 0.25) is 0 Å². The fraction of sp³-hybridized carbons (Fsp3) is 0.238. The highest BCUT2D eigenvalue weighted by molar-refractivity contribution is 5.78. The monoisotopic (exact) mass is 290 g/mol. The van der Waals surface area contributed by atoms with Crippen molar-refractivity contribution in [3.8, 4) is 0 Å². The molecule has 0 N–H and O–H groups in total. The second kappa shape index (κ2) is 5.84. The van der Waals surface area contributed by atoms with Crippen molar-refractivity contribution in [1.82, 2.24) is 0 Å². The van der Waals surface area contributed by atoms with E-state index in [-0.39, 0.29) is 0 Å². The zero-order valence-corrected chi connectivity index (χ0v) is 13.7. The molecule has 1 nitrogen and oxygen atoms in total. The maximum atomic E-state index is 5.42. The van der Waals surface area contributed by atoms with Crippen molar-refractivity contribution < 1.29 is 4.42 Å². The van der Waals surface area contributed by atoms with Gasteiger partial charge in [0.1, 0.15) is 11.3 Å². The molecule has 0 atom stereocenters. The molecule has 22 heavy (non-hydrogen) atoms. The Morgan fingerprint density at radius 3 is 2.36 bits per heavy atom. The van der Waals surface area contributed by atoms with Gasteiger partial charge in [-0.3, -0.25) is 0 Å². The van der Waals surface area contributed by atoms with Crippen LogP contribution in [-0.4, -0.2) is 0 Å². The highest BCUT2D eigenvalue weighted by Crippen LogP contribution is 2.25. The first-order chi connectivity index (χ1) is 10.5. The van der Waals surface area contributed by atoms with Crippen molar-refractivity contribution >= 4 is 17.0 Å². The zero-order valence-electron chi connectivity index (χ0n) is 13.7. The van der Waals surface area contributed by atoms with Gasteiger partial charge in [-0.05, 0) is 63.4 Å². The molecule has 1 heteroatoms. The maximum Gasteiger partial charge on any atom is 0.134 e. The Labute approximate surface area is 132 Å². The molecule has 0 bridgehead atoms. The van der Waals surface area contributed by atoms with Gasteiger partial charge in [-0.25, -0.2) is 0 Å². The Hall–Kier alpha value is -2.28. The number of furan rings is 1. The molecule has 0 amide bonds. The first kappa shape index (κ1) is 14.6. The molecule has 4 rings (SSSR count). The molecule has 0 fully saturated rings. The lowest BCUT2D eigenvalue weighted by molar-refractivity contribution is 0.578. The average molecular weight is 290 g/mol. The maximum absolute atomic E-state index is 5.42. The van der Waals surface area contributed by atoms with E-state index >= 15 is 0 Å². The number of benzene rings is 2. The molecule has 1 heterocycles. The molecule has 2 aromatic carbocycles. The van der Waals surface area contributed by atoms with Gasteiger partial charge in [0.05, 0.1) is 0 Å². The molecule has 1 aliphatic carbocycles. The van der Waals surface area contributed by atoms with Crippen LogP contribution >= 0.6 is 0 Å². The van der Waals surface area contributed by atoms with Gasteiger partial charge < -0.3 is 4.42 Å². The van der Waals surface area contributed by atoms with Gasteiger partial charge in [0.15, 0.2) is 0 Å². The number of hydrogen-bond donors (Lipinski definition) is 0. The second-order valence-corrected chi connectivity index (χ2v) is 6.27. The quantitative estimate of drug-likeness (QED) is 0.494. The largest absolute Gasteiger partial charge is 0.461 e. The molecular formula is C21H22O. The number of fused-ring (bicyclic) bond motifs is 2. The normalized spacial score (nSPS) is 12.6. The topological polar surface area (TPSA) is 13.1 Å². The summed E-state index contributed by atoms with van der Waals surface area (Å²) in [6, 6.07) is 14.9. The number of aryl methyl sites for hydroxylation is 3. The van der Waals surface area contributed by atoms with E-state index < -0.39 is 0 Å². The van der Waals surface area contributed by atoms with Gasteiger partial charge in [0.25, 0.3) is 0 Å². The van der Waals surface area contributed by atoms with Crippen LogP contribution in [0.4, 0.5) is 0 Å². The summed E-state index contributed by atoms with van der Waals surface area (Å²) in [5, 5.41) is 1.20. The highest BCUT2D eigenvalue weighted by atomic mass is 16.3. The fourth-order valence-electron chi connectivity index (χ4n) is 2.92. The first-order valence-electron chi connectivity index (χ1n) is 7.75. The summed E-state index contributed by atoms with van der Waals surface area (Å²) in [7, 11) is 0. The minimum Gasteiger partial charge on any atom is -0.461 e. The molecule has 0 unspecified atom stereocenters. The number of rotatable bonds is 0. The zero-order chi connectivity index (χ0) is 15.7. The summed E-state index contributed by atoms with van der Waals surface area (Å²) >= 11 is 0. The highest BCUT2D eigenvalue weighted by Gasteiger charge is 2.07. The van der Waals surface area contributed by atoms with Gasteiger partial charge in [-0.2, -0.15) is 0 Å². The Morgan fingerprint density at radius 2 is 1.55 bits per heavy atom. The van der Waals surface area contributed by atoms with Crippen LogP contribution < -0.4 is 0 Å². The van der Waals surface area contributed by atoms with Gasteiger partial charge in [0.2, 0.25) is 0 Å². The van der Waals surface area contributed by atoms with Gasteiger partial charge in [-0.15, -0.1) is 0 Å². The minimum absolute atomic E-state index is 0.977. The van der Waals surface area contributed by atoms with Crippen molar-refractivity contribution in [3.63, 3.8) is 0 Å². The van der Waals surface area contributed by atoms with E-state index in [0.29, 0.717) is 0 Å². The van der Waals surface area contributed by atoms with E-state index in [1.54, 1.807) is 0 Å². The molecule has 3 aromatic rings. The SMILES string of the molecule is CC1=Cc2cc(C)ccc2C1.Cc1ccc2oc(C)cc2c1. The standard InChI is InChI=1S/C11H12.C10H10O/c1-8-3-4-10-6-9(2)7-11(10)5-8;1-7-3-4-10-9(5-7)6-8(2)11-10/h3-5,7H,6H2,1-2H3;3-6H,1-2H3. The smallest absolute Gasteiger partial charge is 0.134 e. The third-order valence-electron chi connectivity index (χ3n) is 3.97. The molecular weight excluding hydrogens is 268 g/mol. The van der Waals surface area contributed by atoms with Gasteiger partial charge >= 0.3 is 0 Å². The van der Waals surface area contributed by atoms with Crippen LogP contribution in [0.5, 0.6) is 0 Å². The van der Waals surface area contributed by atoms with Crippen molar-refractivity contribution in [1.29, 1.82) is 0 Å².